The minimum absolute atomic E-state index is 0. The van der Waals surface area contributed by atoms with Gasteiger partial charge >= 0.3 is 0 Å². The number of aromatic nitrogens is 3. The Labute approximate surface area is 353 Å². The van der Waals surface area contributed by atoms with Crippen molar-refractivity contribution in [1.29, 1.82) is 0 Å². The number of fused-ring (bicyclic) bond motifs is 9. The van der Waals surface area contributed by atoms with E-state index in [1.165, 1.54) is 33.2 Å². The quantitative estimate of drug-likeness (QED) is 0.162. The molecule has 0 bridgehead atoms. The van der Waals surface area contributed by atoms with Gasteiger partial charge < -0.3 is 4.57 Å². The summed E-state index contributed by atoms with van der Waals surface area (Å²) in [6.45, 7) is 9.29. The van der Waals surface area contributed by atoms with E-state index in [0.717, 1.165) is 50.9 Å². The van der Waals surface area contributed by atoms with Gasteiger partial charge in [-0.25, -0.2) is 4.99 Å². The van der Waals surface area contributed by atoms with Gasteiger partial charge in [-0.2, -0.15) is 53.6 Å². The van der Waals surface area contributed by atoms with Gasteiger partial charge in [0, 0.05) is 53.4 Å². The Morgan fingerprint density at radius 2 is 1.19 bits per heavy atom. The van der Waals surface area contributed by atoms with Gasteiger partial charge in [-0.3, -0.25) is 9.58 Å². The summed E-state index contributed by atoms with van der Waals surface area (Å²) in [5, 5.41) is 7.08. The third-order valence-corrected chi connectivity index (χ3v) is 12.2. The van der Waals surface area contributed by atoms with Gasteiger partial charge in [-0.15, -0.1) is 10.9 Å². The number of hydrogen-bond donors (Lipinski definition) is 0. The van der Waals surface area contributed by atoms with Crippen molar-refractivity contribution in [3.05, 3.63) is 199 Å². The average molecular weight is 928 g/mol. The second-order valence-electron chi connectivity index (χ2n) is 15.8. The normalized spacial score (nSPS) is 14.4. The third-order valence-electron chi connectivity index (χ3n) is 12.2. The van der Waals surface area contributed by atoms with Crippen LogP contribution in [-0.4, -0.2) is 20.3 Å². The molecule has 4 heterocycles. The van der Waals surface area contributed by atoms with Crippen molar-refractivity contribution >= 4 is 44.8 Å². The molecule has 0 unspecified atom stereocenters. The molecule has 2 aliphatic rings. The van der Waals surface area contributed by atoms with Gasteiger partial charge in [0.2, 0.25) is 5.96 Å². The minimum Gasteiger partial charge on any atom is -0.304 e. The summed E-state index contributed by atoms with van der Waals surface area (Å²) in [5.74, 6) is 0.831. The van der Waals surface area contributed by atoms with Crippen molar-refractivity contribution in [2.45, 2.75) is 38.5 Å². The Bertz CT molecular complexity index is 2910. The molecular formula is C52H41IrN5-2. The molecule has 7 aromatic carbocycles. The van der Waals surface area contributed by atoms with Crippen molar-refractivity contribution in [1.82, 2.24) is 14.3 Å². The molecule has 0 saturated carbocycles. The van der Waals surface area contributed by atoms with Crippen LogP contribution in [0.15, 0.2) is 181 Å². The van der Waals surface area contributed by atoms with Crippen molar-refractivity contribution < 1.29 is 20.1 Å². The summed E-state index contributed by atoms with van der Waals surface area (Å²) in [6, 6.07) is 65.8. The smallest absolute Gasteiger partial charge is 0.218 e. The van der Waals surface area contributed by atoms with E-state index < -0.39 is 0 Å². The third kappa shape index (κ3) is 5.78. The Morgan fingerprint density at radius 3 is 2.00 bits per heavy atom. The predicted molar refractivity (Wildman–Crippen MR) is 235 cm³/mol. The number of rotatable bonds is 2. The van der Waals surface area contributed by atoms with Gasteiger partial charge in [-0.05, 0) is 52.4 Å². The second kappa shape index (κ2) is 14.6. The molecule has 285 valence electrons. The van der Waals surface area contributed by atoms with Gasteiger partial charge in [0.1, 0.15) is 0 Å². The molecule has 0 saturated heterocycles. The van der Waals surface area contributed by atoms with Crippen LogP contribution in [0.5, 0.6) is 0 Å². The number of hydrogen-bond acceptors (Lipinski definition) is 3. The molecule has 0 amide bonds. The van der Waals surface area contributed by atoms with E-state index in [2.05, 4.69) is 200 Å². The van der Waals surface area contributed by atoms with Crippen LogP contribution in [0, 0.1) is 12.1 Å². The van der Waals surface area contributed by atoms with Gasteiger partial charge in [0.25, 0.3) is 0 Å². The van der Waals surface area contributed by atoms with Crippen LogP contribution >= 0.6 is 0 Å². The van der Waals surface area contributed by atoms with Gasteiger partial charge in [-0.1, -0.05) is 136 Å². The van der Waals surface area contributed by atoms with Gasteiger partial charge in [0.05, 0.1) is 23.3 Å². The molecule has 0 N–H and O–H groups in total. The monoisotopic (exact) mass is 928 g/mol. The van der Waals surface area contributed by atoms with Crippen LogP contribution in [0.3, 0.4) is 0 Å². The predicted octanol–water partition coefficient (Wildman–Crippen LogP) is 12.9. The zero-order chi connectivity index (χ0) is 38.7. The first kappa shape index (κ1) is 37.3. The summed E-state index contributed by atoms with van der Waals surface area (Å²) >= 11 is 0. The minimum atomic E-state index is -0.0448. The maximum Gasteiger partial charge on any atom is 0.218 e. The molecule has 0 atom stereocenters. The Kier molecular flexibility index (Phi) is 9.35. The first-order valence-electron chi connectivity index (χ1n) is 19.5. The van der Waals surface area contributed by atoms with E-state index in [1.54, 1.807) is 0 Å². The van der Waals surface area contributed by atoms with E-state index in [9.17, 15) is 0 Å². The van der Waals surface area contributed by atoms with Crippen molar-refractivity contribution in [3.8, 4) is 27.9 Å². The molecule has 1 radical (unpaired) electrons. The molecule has 0 fully saturated rings. The van der Waals surface area contributed by atoms with Crippen LogP contribution in [-0.2, 0) is 30.9 Å². The topological polar surface area (TPSA) is 38.4 Å². The molecular weight excluding hydrogens is 887 g/mol. The zero-order valence-electron chi connectivity index (χ0n) is 32.8. The molecule has 5 nitrogen and oxygen atoms in total. The van der Waals surface area contributed by atoms with Crippen LogP contribution in [0.2, 0.25) is 0 Å². The summed E-state index contributed by atoms with van der Waals surface area (Å²) in [4.78, 5) is 7.61. The molecule has 0 aliphatic carbocycles. The van der Waals surface area contributed by atoms with Gasteiger partial charge in [0.15, 0.2) is 0 Å². The molecule has 2 aromatic heterocycles. The first-order chi connectivity index (χ1) is 27.8. The number of para-hydroxylation sites is 6. The Balaban J connectivity index is 0.000000159. The summed E-state index contributed by atoms with van der Waals surface area (Å²) in [7, 11) is 0. The van der Waals surface area contributed by atoms with E-state index in [4.69, 9.17) is 10.1 Å². The maximum absolute atomic E-state index is 5.34. The summed E-state index contributed by atoms with van der Waals surface area (Å²) < 4.78 is 4.33. The van der Waals surface area contributed by atoms with Crippen molar-refractivity contribution in [2.75, 3.05) is 4.90 Å². The van der Waals surface area contributed by atoms with Crippen LogP contribution in [0.1, 0.15) is 39.0 Å². The fraction of sp³-hybridized carbons (Fsp3) is 0.115. The van der Waals surface area contributed by atoms with Crippen molar-refractivity contribution in [3.63, 3.8) is 0 Å². The average Bonchev–Trinajstić information content (AvgIpc) is 3.82. The Hall–Kier alpha value is -6.33. The number of aliphatic imine (C=N–C) groups is 1. The maximum atomic E-state index is 5.34. The summed E-state index contributed by atoms with van der Waals surface area (Å²) in [5.41, 5.74) is 13.5. The molecule has 0 spiro atoms. The molecule has 9 aromatic rings. The van der Waals surface area contributed by atoms with E-state index in [1.807, 2.05) is 30.5 Å². The molecule has 11 rings (SSSR count). The number of nitrogens with zero attached hydrogens (tertiary/aromatic N) is 5. The van der Waals surface area contributed by atoms with E-state index >= 15 is 0 Å². The first-order valence-corrected chi connectivity index (χ1v) is 19.5. The SMILES string of the molecule is CC1(C)c2ccc[c-]c2-n2ncc(-c3ccccc3)c2C1(C)C.[Ir].[c-]1cccc2c3ccccc3n(C3=Nc4ccccc4-c4ccccc4N3c3ccccc3)c12. The fourth-order valence-corrected chi connectivity index (χ4v) is 8.69. The van der Waals surface area contributed by atoms with E-state index in [-0.39, 0.29) is 30.9 Å². The summed E-state index contributed by atoms with van der Waals surface area (Å²) in [6.07, 6.45) is 2.00. The molecule has 58 heavy (non-hydrogen) atoms. The Morgan fingerprint density at radius 1 is 0.552 bits per heavy atom. The second-order valence-corrected chi connectivity index (χ2v) is 15.8. The number of anilines is 2. The van der Waals surface area contributed by atoms with Crippen LogP contribution < -0.4 is 4.90 Å². The standard InChI is InChI=1S/C31H20N3.C21H21N2.Ir/c1-2-12-22(13-3-1)33-28-19-9-5-15-24(28)23-14-4-8-18-27(23)32-31(33)34-29-20-10-6-16-25(29)26-17-7-11-21-30(26)34;1-20(2)17-12-8-9-13-18(17)23-19(21(20,3)4)16(14-22-23)15-10-6-5-7-11-15;/h1-20H;5-12,14H,1-4H3;/q2*-1;. The van der Waals surface area contributed by atoms with E-state index in [0.29, 0.717) is 0 Å². The number of benzene rings is 7. The fourth-order valence-electron chi connectivity index (χ4n) is 8.69. The molecule has 6 heteroatoms. The van der Waals surface area contributed by atoms with Crippen LogP contribution in [0.25, 0.3) is 49.7 Å². The van der Waals surface area contributed by atoms with Crippen molar-refractivity contribution in [2.24, 2.45) is 4.99 Å². The van der Waals surface area contributed by atoms with Crippen LogP contribution in [0.4, 0.5) is 17.1 Å². The molecule has 2 aliphatic heterocycles. The zero-order valence-corrected chi connectivity index (χ0v) is 35.2. The largest absolute Gasteiger partial charge is 0.304 e.